The summed E-state index contributed by atoms with van der Waals surface area (Å²) in [6.45, 7) is 1.59. The van der Waals surface area contributed by atoms with Crippen LogP contribution in [-0.4, -0.2) is 5.11 Å². The van der Waals surface area contributed by atoms with Crippen LogP contribution in [0.4, 0.5) is 4.39 Å². The molecule has 1 aromatic carbocycles. The van der Waals surface area contributed by atoms with Crippen molar-refractivity contribution in [2.45, 2.75) is 13.0 Å². The van der Waals surface area contributed by atoms with Gasteiger partial charge < -0.3 is 5.11 Å². The summed E-state index contributed by atoms with van der Waals surface area (Å²) in [7, 11) is 0. The van der Waals surface area contributed by atoms with Crippen LogP contribution in [0.2, 0.25) is 0 Å². The lowest BCUT2D eigenvalue weighted by Crippen LogP contribution is -1.90. The molecular weight excluding hydrogens is 131 g/mol. The molecule has 0 aliphatic heterocycles. The van der Waals surface area contributed by atoms with Crippen molar-refractivity contribution in [2.24, 2.45) is 0 Å². The highest BCUT2D eigenvalue weighted by molar-refractivity contribution is 5.16. The van der Waals surface area contributed by atoms with Crippen molar-refractivity contribution >= 4 is 0 Å². The Morgan fingerprint density at radius 2 is 2.40 bits per heavy atom. The molecule has 1 nitrogen and oxygen atoms in total. The Labute approximate surface area is 59.1 Å². The molecule has 1 atom stereocenters. The number of rotatable bonds is 1. The van der Waals surface area contributed by atoms with Crippen molar-refractivity contribution in [1.29, 1.82) is 0 Å². The third-order valence-electron chi connectivity index (χ3n) is 1.27. The van der Waals surface area contributed by atoms with Gasteiger partial charge >= 0.3 is 0 Å². The number of hydrogen-bond donors (Lipinski definition) is 1. The average molecular weight is 139 g/mol. The zero-order valence-corrected chi connectivity index (χ0v) is 5.63. The summed E-state index contributed by atoms with van der Waals surface area (Å²) in [4.78, 5) is 0. The largest absolute Gasteiger partial charge is 0.389 e. The Balaban J connectivity index is 2.96. The first kappa shape index (κ1) is 7.22. The first-order chi connectivity index (χ1) is 4.70. The van der Waals surface area contributed by atoms with Gasteiger partial charge in [0, 0.05) is 6.07 Å². The predicted octanol–water partition coefficient (Wildman–Crippen LogP) is 1.68. The van der Waals surface area contributed by atoms with Gasteiger partial charge in [-0.2, -0.15) is 0 Å². The minimum atomic E-state index is -0.607. The zero-order valence-electron chi connectivity index (χ0n) is 5.63. The zero-order chi connectivity index (χ0) is 7.56. The van der Waals surface area contributed by atoms with Crippen LogP contribution in [0.25, 0.3) is 0 Å². The number of benzene rings is 1. The second-order valence-electron chi connectivity index (χ2n) is 2.15. The lowest BCUT2D eigenvalue weighted by atomic mass is 10.1. The highest BCUT2D eigenvalue weighted by Gasteiger charge is 1.99. The minimum Gasteiger partial charge on any atom is -0.389 e. The third kappa shape index (κ3) is 1.54. The molecule has 0 fully saturated rings. The molecule has 2 heteroatoms. The normalized spacial score (nSPS) is 13.1. The Kier molecular flexibility index (Phi) is 2.02. The first-order valence-corrected chi connectivity index (χ1v) is 3.05. The molecule has 10 heavy (non-hydrogen) atoms. The minimum absolute atomic E-state index is 0.432. The standard InChI is InChI=1S/C8H8FO/c1-6(10)7-3-2-4-8(9)5-7/h2-3,5-6,10H,1H3. The van der Waals surface area contributed by atoms with Crippen LogP contribution in [-0.2, 0) is 0 Å². The molecule has 53 valence electrons. The number of hydrogen-bond acceptors (Lipinski definition) is 1. The van der Waals surface area contributed by atoms with E-state index in [1.165, 1.54) is 12.1 Å². The molecule has 1 aromatic rings. The fraction of sp³-hybridized carbons (Fsp3) is 0.250. The molecule has 0 spiro atoms. The number of aliphatic hydroxyl groups excluding tert-OH is 1. The van der Waals surface area contributed by atoms with E-state index in [0.717, 1.165) is 0 Å². The molecule has 0 heterocycles. The molecule has 1 radical (unpaired) electrons. The van der Waals surface area contributed by atoms with Gasteiger partial charge in [0.1, 0.15) is 5.82 Å². The van der Waals surface area contributed by atoms with E-state index in [1.54, 1.807) is 13.0 Å². The maximum atomic E-state index is 12.4. The van der Waals surface area contributed by atoms with Crippen LogP contribution in [0.3, 0.4) is 0 Å². The van der Waals surface area contributed by atoms with Crippen LogP contribution in [0.5, 0.6) is 0 Å². The Morgan fingerprint density at radius 3 is 2.80 bits per heavy atom. The van der Waals surface area contributed by atoms with Gasteiger partial charge in [-0.3, -0.25) is 0 Å². The van der Waals surface area contributed by atoms with E-state index in [1.807, 2.05) is 0 Å². The summed E-state index contributed by atoms with van der Waals surface area (Å²) >= 11 is 0. The first-order valence-electron chi connectivity index (χ1n) is 3.05. The van der Waals surface area contributed by atoms with E-state index in [-0.39, 0.29) is 0 Å². The molecule has 0 bridgehead atoms. The van der Waals surface area contributed by atoms with Gasteiger partial charge in [0.25, 0.3) is 0 Å². The van der Waals surface area contributed by atoms with Gasteiger partial charge in [0.2, 0.25) is 0 Å². The van der Waals surface area contributed by atoms with Gasteiger partial charge in [-0.1, -0.05) is 12.1 Å². The molecular formula is C8H8FO. The molecule has 0 amide bonds. The molecule has 0 aliphatic rings. The smallest absolute Gasteiger partial charge is 0.131 e. The van der Waals surface area contributed by atoms with E-state index in [9.17, 15) is 4.39 Å². The molecule has 0 aliphatic carbocycles. The topological polar surface area (TPSA) is 20.2 Å². The highest BCUT2D eigenvalue weighted by Crippen LogP contribution is 2.11. The molecule has 0 saturated carbocycles. The average Bonchev–Trinajstić information content (AvgIpc) is 1.88. The van der Waals surface area contributed by atoms with Crippen LogP contribution in [0.1, 0.15) is 18.6 Å². The molecule has 1 unspecified atom stereocenters. The highest BCUT2D eigenvalue weighted by atomic mass is 19.1. The lowest BCUT2D eigenvalue weighted by molar-refractivity contribution is 0.199. The summed E-state index contributed by atoms with van der Waals surface area (Å²) in [5, 5.41) is 8.97. The van der Waals surface area contributed by atoms with Crippen LogP contribution < -0.4 is 0 Å². The Morgan fingerprint density at radius 1 is 1.70 bits per heavy atom. The summed E-state index contributed by atoms with van der Waals surface area (Å²) < 4.78 is 12.4. The van der Waals surface area contributed by atoms with Crippen molar-refractivity contribution in [3.05, 3.63) is 35.6 Å². The van der Waals surface area contributed by atoms with Crippen molar-refractivity contribution in [2.75, 3.05) is 0 Å². The van der Waals surface area contributed by atoms with Crippen molar-refractivity contribution in [3.63, 3.8) is 0 Å². The maximum absolute atomic E-state index is 12.4. The van der Waals surface area contributed by atoms with Crippen LogP contribution in [0.15, 0.2) is 18.2 Å². The van der Waals surface area contributed by atoms with Gasteiger partial charge in [0.15, 0.2) is 0 Å². The third-order valence-corrected chi connectivity index (χ3v) is 1.27. The van der Waals surface area contributed by atoms with E-state index in [2.05, 4.69) is 6.07 Å². The van der Waals surface area contributed by atoms with Gasteiger partial charge in [-0.25, -0.2) is 4.39 Å². The predicted molar refractivity (Wildman–Crippen MR) is 35.9 cm³/mol. The molecule has 0 aromatic heterocycles. The number of halogens is 1. The van der Waals surface area contributed by atoms with Crippen molar-refractivity contribution in [3.8, 4) is 0 Å². The van der Waals surface area contributed by atoms with Crippen molar-refractivity contribution in [1.82, 2.24) is 0 Å². The van der Waals surface area contributed by atoms with Gasteiger partial charge in [-0.15, -0.1) is 0 Å². The summed E-state index contributed by atoms with van der Waals surface area (Å²) in [5.41, 5.74) is 0.580. The SMILES string of the molecule is CC(O)c1cc[c]c(F)c1. The fourth-order valence-electron chi connectivity index (χ4n) is 0.713. The van der Waals surface area contributed by atoms with Crippen LogP contribution in [0, 0.1) is 11.9 Å². The summed E-state index contributed by atoms with van der Waals surface area (Å²) in [5.74, 6) is -0.432. The Hall–Kier alpha value is -0.890. The second kappa shape index (κ2) is 2.80. The lowest BCUT2D eigenvalue weighted by Gasteiger charge is -2.01. The quantitative estimate of drug-likeness (QED) is 0.627. The van der Waals surface area contributed by atoms with Gasteiger partial charge in [0.05, 0.1) is 6.10 Å². The van der Waals surface area contributed by atoms with Crippen molar-refractivity contribution < 1.29 is 9.50 Å². The maximum Gasteiger partial charge on any atom is 0.131 e. The number of aliphatic hydroxyl groups is 1. The second-order valence-corrected chi connectivity index (χ2v) is 2.15. The van der Waals surface area contributed by atoms with Gasteiger partial charge in [-0.05, 0) is 18.6 Å². The molecule has 1 rings (SSSR count). The van der Waals surface area contributed by atoms with E-state index in [0.29, 0.717) is 5.56 Å². The molecule has 1 N–H and O–H groups in total. The Bertz CT molecular complexity index is 220. The monoisotopic (exact) mass is 139 g/mol. The van der Waals surface area contributed by atoms with E-state index < -0.39 is 11.9 Å². The summed E-state index contributed by atoms with van der Waals surface area (Å²) in [6.07, 6.45) is -0.607. The molecule has 0 saturated heterocycles. The fourth-order valence-corrected chi connectivity index (χ4v) is 0.713. The van der Waals surface area contributed by atoms with E-state index in [4.69, 9.17) is 5.11 Å². The summed E-state index contributed by atoms with van der Waals surface area (Å²) in [6, 6.07) is 6.71. The van der Waals surface area contributed by atoms with Crippen LogP contribution >= 0.6 is 0 Å². The van der Waals surface area contributed by atoms with E-state index >= 15 is 0 Å².